The number of piperazine rings is 1. The van der Waals surface area contributed by atoms with Gasteiger partial charge in [-0.1, -0.05) is 6.07 Å². The van der Waals surface area contributed by atoms with Crippen molar-refractivity contribution >= 4 is 29.6 Å². The van der Waals surface area contributed by atoms with Crippen molar-refractivity contribution in [1.29, 1.82) is 5.26 Å². The maximum atomic E-state index is 13.1. The second-order valence-corrected chi connectivity index (χ2v) is 10.2. The van der Waals surface area contributed by atoms with Crippen molar-refractivity contribution in [1.82, 2.24) is 19.8 Å². The van der Waals surface area contributed by atoms with Gasteiger partial charge < -0.3 is 19.9 Å². The summed E-state index contributed by atoms with van der Waals surface area (Å²) >= 11 is 0. The number of pyridine rings is 2. The summed E-state index contributed by atoms with van der Waals surface area (Å²) in [6.45, 7) is 7.05. The lowest BCUT2D eigenvalue weighted by Gasteiger charge is -2.32. The van der Waals surface area contributed by atoms with Crippen LogP contribution in [-0.4, -0.2) is 90.4 Å². The third-order valence-corrected chi connectivity index (χ3v) is 7.38. The van der Waals surface area contributed by atoms with E-state index in [-0.39, 0.29) is 23.1 Å². The summed E-state index contributed by atoms with van der Waals surface area (Å²) in [4.78, 5) is 51.6. The summed E-state index contributed by atoms with van der Waals surface area (Å²) in [5.41, 5.74) is 2.09. The average Bonchev–Trinajstić information content (AvgIpc) is 3.32. The zero-order valence-electron chi connectivity index (χ0n) is 22.2. The van der Waals surface area contributed by atoms with Crippen LogP contribution < -0.4 is 10.2 Å². The minimum absolute atomic E-state index is 0.00230. The van der Waals surface area contributed by atoms with Crippen LogP contribution >= 0.6 is 0 Å². The molecule has 4 heterocycles. The first-order valence-electron chi connectivity index (χ1n) is 12.6. The predicted molar refractivity (Wildman–Crippen MR) is 141 cm³/mol. The van der Waals surface area contributed by atoms with Gasteiger partial charge in [0.2, 0.25) is 11.8 Å². The van der Waals surface area contributed by atoms with E-state index in [0.29, 0.717) is 60.8 Å². The molecule has 2 aliphatic heterocycles. The van der Waals surface area contributed by atoms with Gasteiger partial charge in [0, 0.05) is 57.7 Å². The molecule has 2 unspecified atom stereocenters. The lowest BCUT2D eigenvalue weighted by atomic mass is 10.0. The largest absolute Gasteiger partial charge is 0.377 e. The van der Waals surface area contributed by atoms with Crippen LogP contribution in [0.2, 0.25) is 0 Å². The van der Waals surface area contributed by atoms with Crippen LogP contribution in [0.15, 0.2) is 24.4 Å². The Labute approximate surface area is 222 Å². The van der Waals surface area contributed by atoms with Gasteiger partial charge in [-0.05, 0) is 33.4 Å². The highest BCUT2D eigenvalue weighted by Gasteiger charge is 2.35. The molecule has 1 N–H and O–H groups in total. The number of aldehydes is 1. The number of aromatic nitrogens is 2. The molecule has 0 saturated carbocycles. The number of likely N-dealkylation sites (N-methyl/N-ethyl adjacent to an activating group) is 1. The molecule has 11 heteroatoms. The van der Waals surface area contributed by atoms with Gasteiger partial charge in [0.25, 0.3) is 0 Å². The fraction of sp³-hybridized carbons (Fsp3) is 0.481. The van der Waals surface area contributed by atoms with E-state index < -0.39 is 5.92 Å². The maximum Gasteiger partial charge on any atom is 0.237 e. The second-order valence-electron chi connectivity index (χ2n) is 10.2. The normalized spacial score (nSPS) is 20.8. The fourth-order valence-corrected chi connectivity index (χ4v) is 4.73. The minimum Gasteiger partial charge on any atom is -0.377 e. The van der Waals surface area contributed by atoms with Crippen molar-refractivity contribution in [2.45, 2.75) is 38.3 Å². The van der Waals surface area contributed by atoms with Gasteiger partial charge in [-0.15, -0.1) is 0 Å². The molecule has 2 aromatic rings. The molecular formula is C27H33N7O4. The quantitative estimate of drug-likeness (QED) is 0.519. The summed E-state index contributed by atoms with van der Waals surface area (Å²) in [7, 11) is 3.57. The van der Waals surface area contributed by atoms with Crippen molar-refractivity contribution in [3.8, 4) is 6.07 Å². The molecule has 2 amide bonds. The highest BCUT2D eigenvalue weighted by Crippen LogP contribution is 2.32. The summed E-state index contributed by atoms with van der Waals surface area (Å²) in [6, 6.07) is 7.33. The van der Waals surface area contributed by atoms with Crippen molar-refractivity contribution < 1.29 is 19.1 Å². The Hall–Kier alpha value is -3.88. The Morgan fingerprint density at radius 1 is 1.34 bits per heavy atom. The Morgan fingerprint density at radius 2 is 2.13 bits per heavy atom. The third kappa shape index (κ3) is 5.82. The van der Waals surface area contributed by atoms with E-state index in [9.17, 15) is 19.6 Å². The number of anilines is 2. The molecule has 0 bridgehead atoms. The summed E-state index contributed by atoms with van der Waals surface area (Å²) < 4.78 is 5.62. The number of hydrogen-bond acceptors (Lipinski definition) is 9. The highest BCUT2D eigenvalue weighted by molar-refractivity contribution is 5.95. The Kier molecular flexibility index (Phi) is 8.04. The number of nitrogens with zero attached hydrogens (tertiary/aromatic N) is 6. The molecule has 0 radical (unpaired) electrons. The molecule has 11 nitrogen and oxygen atoms in total. The smallest absolute Gasteiger partial charge is 0.237 e. The van der Waals surface area contributed by atoms with Crippen LogP contribution in [0.3, 0.4) is 0 Å². The van der Waals surface area contributed by atoms with E-state index in [1.54, 1.807) is 37.1 Å². The molecular weight excluding hydrogens is 486 g/mol. The number of carbonyl (C=O) groups excluding carboxylic acids is 3. The zero-order chi connectivity index (χ0) is 27.4. The van der Waals surface area contributed by atoms with Crippen LogP contribution in [-0.2, 0) is 20.9 Å². The molecule has 0 aliphatic carbocycles. The van der Waals surface area contributed by atoms with E-state index in [0.717, 1.165) is 19.5 Å². The molecule has 2 aromatic heterocycles. The third-order valence-electron chi connectivity index (χ3n) is 7.38. The van der Waals surface area contributed by atoms with Gasteiger partial charge >= 0.3 is 0 Å². The van der Waals surface area contributed by atoms with Crippen molar-refractivity contribution in [2.24, 2.45) is 0 Å². The van der Waals surface area contributed by atoms with E-state index in [1.807, 2.05) is 18.9 Å². The van der Waals surface area contributed by atoms with Crippen LogP contribution in [0.1, 0.15) is 53.5 Å². The molecule has 38 heavy (non-hydrogen) atoms. The number of amides is 2. The van der Waals surface area contributed by atoms with E-state index in [4.69, 9.17) is 4.74 Å². The zero-order valence-corrected chi connectivity index (χ0v) is 22.2. The molecule has 2 saturated heterocycles. The van der Waals surface area contributed by atoms with E-state index in [2.05, 4.69) is 26.3 Å². The van der Waals surface area contributed by atoms with Gasteiger partial charge in [0.1, 0.15) is 17.6 Å². The highest BCUT2D eigenvalue weighted by atomic mass is 16.5. The number of nitriles is 1. The first-order chi connectivity index (χ1) is 18.2. The van der Waals surface area contributed by atoms with E-state index in [1.165, 1.54) is 6.20 Å². The topological polar surface area (TPSA) is 132 Å². The monoisotopic (exact) mass is 519 g/mol. The van der Waals surface area contributed by atoms with Crippen LogP contribution in [0.4, 0.5) is 11.5 Å². The Balaban J connectivity index is 1.47. The number of carbonyl (C=O) groups is 3. The Bertz CT molecular complexity index is 1280. The van der Waals surface area contributed by atoms with Crippen molar-refractivity contribution in [3.63, 3.8) is 0 Å². The molecule has 4 rings (SSSR count). The minimum atomic E-state index is -0.669. The van der Waals surface area contributed by atoms with Gasteiger partial charge in [0.05, 0.1) is 35.0 Å². The summed E-state index contributed by atoms with van der Waals surface area (Å²) in [5.74, 6) is -0.690. The van der Waals surface area contributed by atoms with Crippen LogP contribution in [0.5, 0.6) is 0 Å². The summed E-state index contributed by atoms with van der Waals surface area (Å²) in [6.07, 6.45) is 2.93. The molecule has 2 aliphatic rings. The molecule has 2 fully saturated rings. The maximum absolute atomic E-state index is 13.1. The average molecular weight is 520 g/mol. The van der Waals surface area contributed by atoms with Crippen LogP contribution in [0.25, 0.3) is 0 Å². The van der Waals surface area contributed by atoms with Crippen molar-refractivity contribution in [2.75, 3.05) is 57.1 Å². The molecule has 2 atom stereocenters. The number of hydrogen-bond donors (Lipinski definition) is 1. The Morgan fingerprint density at radius 3 is 2.79 bits per heavy atom. The van der Waals surface area contributed by atoms with Gasteiger partial charge in [-0.2, -0.15) is 5.26 Å². The summed E-state index contributed by atoms with van der Waals surface area (Å²) in [5, 5.41) is 12.4. The molecule has 200 valence electrons. The van der Waals surface area contributed by atoms with Crippen LogP contribution in [0, 0.1) is 11.3 Å². The first-order valence-corrected chi connectivity index (χ1v) is 12.6. The van der Waals surface area contributed by atoms with Gasteiger partial charge in [-0.3, -0.25) is 19.3 Å². The number of rotatable bonds is 8. The lowest BCUT2D eigenvalue weighted by Crippen LogP contribution is -2.48. The number of methoxy groups -OCH3 is 1. The van der Waals surface area contributed by atoms with E-state index >= 15 is 0 Å². The molecule has 0 aromatic carbocycles. The number of ether oxygens (including phenoxy) is 1. The standard InChI is InChI=1S/C27H33N7O4/c1-18(21-6-5-19(22(16-35)30-21)14-33-10-9-32(3)15-25(33)36)26(37)31-24-11-23(20(12-28)13-29-24)34-8-7-27(2,17-34)38-4/h5-6,11,13,16,18H,7-10,14-15,17H2,1-4H3,(H,29,31,37). The van der Waals surface area contributed by atoms with Crippen molar-refractivity contribution in [3.05, 3.63) is 46.9 Å². The predicted octanol–water partition coefficient (Wildman–Crippen LogP) is 1.79. The number of nitrogens with one attached hydrogen (secondary N) is 1. The van der Waals surface area contributed by atoms with Gasteiger partial charge in [-0.25, -0.2) is 9.97 Å². The fourth-order valence-electron chi connectivity index (χ4n) is 4.73. The van der Waals surface area contributed by atoms with Gasteiger partial charge in [0.15, 0.2) is 6.29 Å². The molecule has 0 spiro atoms. The lowest BCUT2D eigenvalue weighted by molar-refractivity contribution is -0.136. The SMILES string of the molecule is COC1(C)CCN(c2cc(NC(=O)C(C)c3ccc(CN4CCN(C)CC4=O)c(C=O)n3)ncc2C#N)C1. The second kappa shape index (κ2) is 11.2. The first kappa shape index (κ1) is 27.2.